The van der Waals surface area contributed by atoms with E-state index in [1.54, 1.807) is 0 Å². The minimum atomic E-state index is -0.330. The van der Waals surface area contributed by atoms with Gasteiger partial charge >= 0.3 is 21.1 Å². The van der Waals surface area contributed by atoms with Crippen molar-refractivity contribution in [3.63, 3.8) is 0 Å². The first-order valence-corrected chi connectivity index (χ1v) is 15.6. The molecule has 0 saturated heterocycles. The van der Waals surface area contributed by atoms with E-state index in [4.69, 9.17) is 4.98 Å². The van der Waals surface area contributed by atoms with Gasteiger partial charge in [-0.05, 0) is 66.0 Å². The first-order chi connectivity index (χ1) is 21.0. The van der Waals surface area contributed by atoms with Crippen LogP contribution in [0.3, 0.4) is 0 Å². The van der Waals surface area contributed by atoms with Crippen molar-refractivity contribution in [3.05, 3.63) is 126 Å². The zero-order valence-electron chi connectivity index (χ0n) is 27.1. The van der Waals surface area contributed by atoms with Gasteiger partial charge in [-0.1, -0.05) is 76.2 Å². The van der Waals surface area contributed by atoms with Gasteiger partial charge in [0.25, 0.3) is 0 Å². The molecule has 1 aliphatic rings. The number of anilines is 3. The molecule has 4 aromatic carbocycles. The molecule has 0 saturated carbocycles. The van der Waals surface area contributed by atoms with Gasteiger partial charge in [0.05, 0.1) is 18.0 Å². The second-order valence-corrected chi connectivity index (χ2v) is 13.8. The summed E-state index contributed by atoms with van der Waals surface area (Å²) in [4.78, 5) is 9.70. The zero-order valence-corrected chi connectivity index (χ0v) is 29.4. The summed E-state index contributed by atoms with van der Waals surface area (Å²) in [5, 5.41) is 2.39. The number of aromatic nitrogens is 2. The fraction of sp³-hybridized carbons (Fsp3) is 0.275. The molecular formula is C40H40N4Pt. The summed E-state index contributed by atoms with van der Waals surface area (Å²) in [6.07, 6.45) is 1.93. The molecule has 3 heterocycles. The fourth-order valence-corrected chi connectivity index (χ4v) is 6.51. The number of hydrogen-bond acceptors (Lipinski definition) is 3. The van der Waals surface area contributed by atoms with Crippen LogP contribution >= 0.6 is 0 Å². The van der Waals surface area contributed by atoms with Crippen molar-refractivity contribution in [3.8, 4) is 5.82 Å². The van der Waals surface area contributed by atoms with Crippen molar-refractivity contribution in [2.24, 2.45) is 0 Å². The van der Waals surface area contributed by atoms with Gasteiger partial charge in [0.2, 0.25) is 0 Å². The second-order valence-electron chi connectivity index (χ2n) is 13.8. The first-order valence-electron chi connectivity index (χ1n) is 15.6. The minimum Gasteiger partial charge on any atom is -0.349 e. The van der Waals surface area contributed by atoms with Gasteiger partial charge in [0.1, 0.15) is 5.82 Å². The molecule has 0 amide bonds. The van der Waals surface area contributed by atoms with Crippen LogP contribution in [-0.2, 0) is 31.9 Å². The maximum absolute atomic E-state index is 4.87. The molecule has 2 aromatic heterocycles. The van der Waals surface area contributed by atoms with Crippen LogP contribution in [0.25, 0.3) is 27.6 Å². The Morgan fingerprint density at radius 3 is 2.20 bits per heavy atom. The Morgan fingerprint density at radius 2 is 1.44 bits per heavy atom. The molecular weight excluding hydrogens is 732 g/mol. The van der Waals surface area contributed by atoms with Crippen molar-refractivity contribution < 1.29 is 21.1 Å². The Bertz CT molecular complexity index is 2010. The fourth-order valence-electron chi connectivity index (χ4n) is 6.51. The molecule has 45 heavy (non-hydrogen) atoms. The van der Waals surface area contributed by atoms with Gasteiger partial charge in [-0.2, -0.15) is 47.5 Å². The molecule has 6 aromatic rings. The van der Waals surface area contributed by atoms with E-state index < -0.39 is 0 Å². The predicted molar refractivity (Wildman–Crippen MR) is 185 cm³/mol. The van der Waals surface area contributed by atoms with Gasteiger partial charge in [-0.25, -0.2) is 4.98 Å². The normalized spacial score (nSPS) is 13.5. The quantitative estimate of drug-likeness (QED) is 0.163. The molecule has 0 unspecified atom stereocenters. The Balaban J connectivity index is 0.00000357. The summed E-state index contributed by atoms with van der Waals surface area (Å²) in [7, 11) is 0. The maximum atomic E-state index is 4.87. The van der Waals surface area contributed by atoms with Crippen LogP contribution in [0.2, 0.25) is 0 Å². The van der Waals surface area contributed by atoms with Gasteiger partial charge < -0.3 is 14.4 Å². The summed E-state index contributed by atoms with van der Waals surface area (Å²) in [6.45, 7) is 16.6. The number of hydrogen-bond donors (Lipinski definition) is 0. The average molecular weight is 772 g/mol. The number of benzene rings is 4. The average Bonchev–Trinajstić information content (AvgIpc) is 3.57. The number of fused-ring (bicyclic) bond motifs is 4. The predicted octanol–water partition coefficient (Wildman–Crippen LogP) is 9.72. The molecule has 5 heteroatoms. The van der Waals surface area contributed by atoms with Gasteiger partial charge in [-0.3, -0.25) is 0 Å². The van der Waals surface area contributed by atoms with E-state index in [2.05, 4.69) is 166 Å². The smallest absolute Gasteiger partial charge is 0.349 e. The summed E-state index contributed by atoms with van der Waals surface area (Å²) < 4.78 is 2.28. The van der Waals surface area contributed by atoms with Crippen LogP contribution in [0.4, 0.5) is 17.1 Å². The van der Waals surface area contributed by atoms with Gasteiger partial charge in [0.15, 0.2) is 0 Å². The van der Waals surface area contributed by atoms with Crippen molar-refractivity contribution in [2.75, 3.05) is 16.5 Å². The van der Waals surface area contributed by atoms with Crippen molar-refractivity contribution in [2.45, 2.75) is 65.3 Å². The molecule has 0 aliphatic carbocycles. The molecule has 0 spiro atoms. The molecule has 0 atom stereocenters. The summed E-state index contributed by atoms with van der Waals surface area (Å²) in [5.74, 6) is 0.922. The van der Waals surface area contributed by atoms with Gasteiger partial charge in [0, 0.05) is 17.8 Å². The second kappa shape index (κ2) is 11.5. The molecule has 0 N–H and O–H groups in total. The van der Waals surface area contributed by atoms with Crippen LogP contribution in [0, 0.1) is 12.1 Å². The monoisotopic (exact) mass is 771 g/mol. The van der Waals surface area contributed by atoms with Crippen LogP contribution in [0.5, 0.6) is 0 Å². The van der Waals surface area contributed by atoms with E-state index in [1.807, 2.05) is 6.20 Å². The van der Waals surface area contributed by atoms with Crippen molar-refractivity contribution in [1.29, 1.82) is 0 Å². The largest absolute Gasteiger partial charge is 2.00 e. The number of para-hydroxylation sites is 3. The van der Waals surface area contributed by atoms with Crippen LogP contribution < -0.4 is 9.80 Å². The van der Waals surface area contributed by atoms with E-state index in [9.17, 15) is 0 Å². The summed E-state index contributed by atoms with van der Waals surface area (Å²) in [6, 6.07) is 40.8. The molecule has 230 valence electrons. The SMILES string of the molecule is CC(C)N1CN(c2[c-]c(C(C)(C)c3[c-]c4c(cc3)c3ccccc3n4-c3cc(C(C)(C)C)ccn3)ccc2)c2ccccc21.[Pt+2]. The molecule has 0 fully saturated rings. The van der Waals surface area contributed by atoms with E-state index in [0.717, 1.165) is 40.3 Å². The Hall–Kier alpha value is -3.88. The minimum absolute atomic E-state index is 0. The van der Waals surface area contributed by atoms with Crippen LogP contribution in [0.1, 0.15) is 65.2 Å². The van der Waals surface area contributed by atoms with E-state index in [1.165, 1.54) is 27.7 Å². The standard InChI is InChI=1S/C40H40N4.Pt/c1-27(2)42-26-43(36-18-11-10-17-35(36)42)31-14-12-13-29(23-31)40(6,7)30-19-20-33-32-15-8-9-16-34(32)44(37(33)24-30)38-25-28(21-22-41-38)39(3,4)5;/h8-22,25,27H,26H2,1-7H3;/q-2;+2. The van der Waals surface area contributed by atoms with E-state index in [-0.39, 0.29) is 31.9 Å². The molecule has 0 radical (unpaired) electrons. The third-order valence-corrected chi connectivity index (χ3v) is 9.24. The Kier molecular flexibility index (Phi) is 7.94. The number of nitrogens with zero attached hydrogens (tertiary/aromatic N) is 4. The zero-order chi connectivity index (χ0) is 30.8. The van der Waals surface area contributed by atoms with Crippen LogP contribution in [0.15, 0.2) is 97.2 Å². The maximum Gasteiger partial charge on any atom is 2.00 e. The molecule has 1 aliphatic heterocycles. The van der Waals surface area contributed by atoms with Crippen molar-refractivity contribution in [1.82, 2.24) is 9.55 Å². The van der Waals surface area contributed by atoms with Crippen LogP contribution in [-0.4, -0.2) is 22.3 Å². The topological polar surface area (TPSA) is 24.3 Å². The summed E-state index contributed by atoms with van der Waals surface area (Å²) in [5.41, 5.74) is 9.00. The third-order valence-electron chi connectivity index (χ3n) is 9.24. The summed E-state index contributed by atoms with van der Waals surface area (Å²) >= 11 is 0. The van der Waals surface area contributed by atoms with E-state index >= 15 is 0 Å². The number of rotatable bonds is 5. The van der Waals surface area contributed by atoms with Gasteiger partial charge in [-0.15, -0.1) is 11.5 Å². The van der Waals surface area contributed by atoms with Crippen molar-refractivity contribution >= 4 is 38.9 Å². The number of pyridine rings is 1. The first kappa shape index (κ1) is 31.1. The Labute approximate surface area is 282 Å². The molecule has 4 nitrogen and oxygen atoms in total. The third kappa shape index (κ3) is 5.28. The van der Waals surface area contributed by atoms with E-state index in [0.29, 0.717) is 6.04 Å². The Morgan fingerprint density at radius 1 is 0.733 bits per heavy atom. The molecule has 7 rings (SSSR count). The molecule has 0 bridgehead atoms.